The molecule has 2 aliphatic rings. The molecular weight excluding hydrogens is 482 g/mol. The quantitative estimate of drug-likeness (QED) is 0.352. The summed E-state index contributed by atoms with van der Waals surface area (Å²) in [5.74, 6) is -0.319. The maximum absolute atomic E-state index is 13.9. The number of rotatable bonds is 4. The molecule has 0 bridgehead atoms. The molecule has 1 saturated carbocycles. The number of benzene rings is 2. The number of aromatic nitrogens is 1. The van der Waals surface area contributed by atoms with E-state index < -0.39 is 29.8 Å². The van der Waals surface area contributed by atoms with E-state index in [1.807, 2.05) is 0 Å². The Labute approximate surface area is 214 Å². The topological polar surface area (TPSA) is 53.4 Å². The van der Waals surface area contributed by atoms with Gasteiger partial charge < -0.3 is 10.2 Å². The van der Waals surface area contributed by atoms with Crippen LogP contribution >= 0.6 is 0 Å². The van der Waals surface area contributed by atoms with Crippen LogP contribution in [0.15, 0.2) is 48.5 Å². The zero-order valence-electron chi connectivity index (χ0n) is 20.9. The number of aliphatic hydroxyl groups excluding tert-OH is 2. The maximum atomic E-state index is 13.9. The SMILES string of the molecule is CC1(C)Cc2nc(C3CCCC3)c(C(O)c3ccc(C(F)(F)F)cc3)c(-c3ccc(F)cc3)c2C(O)C1. The lowest BCUT2D eigenvalue weighted by Crippen LogP contribution is -2.29. The number of fused-ring (bicyclic) bond motifs is 1. The molecule has 0 radical (unpaired) electrons. The van der Waals surface area contributed by atoms with Crippen LogP contribution in [0.4, 0.5) is 17.6 Å². The highest BCUT2D eigenvalue weighted by atomic mass is 19.4. The van der Waals surface area contributed by atoms with Gasteiger partial charge >= 0.3 is 6.18 Å². The zero-order valence-corrected chi connectivity index (χ0v) is 20.9. The van der Waals surface area contributed by atoms with Crippen molar-refractivity contribution in [1.29, 1.82) is 0 Å². The van der Waals surface area contributed by atoms with Crippen molar-refractivity contribution in [2.75, 3.05) is 0 Å². The van der Waals surface area contributed by atoms with Crippen LogP contribution < -0.4 is 0 Å². The molecule has 2 aliphatic carbocycles. The Morgan fingerprint density at radius 1 is 0.973 bits per heavy atom. The molecule has 1 aromatic heterocycles. The van der Waals surface area contributed by atoms with E-state index in [0.717, 1.165) is 49.2 Å². The standard InChI is InChI=1S/C30H31F4NO2/c1-29(2)15-22-25(23(36)16-29)24(17-9-13-21(31)14-10-17)26(27(35-22)18-5-3-4-6-18)28(37)19-7-11-20(12-8-19)30(32,33)34/h7-14,18,23,28,36-37H,3-6,15-16H2,1-2H3. The van der Waals surface area contributed by atoms with Gasteiger partial charge in [0.25, 0.3) is 0 Å². The number of hydrogen-bond donors (Lipinski definition) is 2. The van der Waals surface area contributed by atoms with Crippen LogP contribution in [0.2, 0.25) is 0 Å². The van der Waals surface area contributed by atoms with E-state index in [-0.39, 0.29) is 11.3 Å². The van der Waals surface area contributed by atoms with E-state index in [9.17, 15) is 27.8 Å². The summed E-state index contributed by atoms with van der Waals surface area (Å²) in [4.78, 5) is 5.07. The Hall–Kier alpha value is -2.77. The Morgan fingerprint density at radius 3 is 2.19 bits per heavy atom. The minimum atomic E-state index is -4.48. The summed E-state index contributed by atoms with van der Waals surface area (Å²) in [7, 11) is 0. The lowest BCUT2D eigenvalue weighted by molar-refractivity contribution is -0.137. The van der Waals surface area contributed by atoms with Crippen LogP contribution in [0, 0.1) is 11.2 Å². The van der Waals surface area contributed by atoms with Gasteiger partial charge in [0, 0.05) is 22.7 Å². The van der Waals surface area contributed by atoms with Crippen molar-refractivity contribution in [3.8, 4) is 11.1 Å². The summed E-state index contributed by atoms with van der Waals surface area (Å²) in [5, 5.41) is 23.1. The molecule has 2 atom stereocenters. The molecule has 196 valence electrons. The van der Waals surface area contributed by atoms with Gasteiger partial charge in [0.05, 0.1) is 17.4 Å². The summed E-state index contributed by atoms with van der Waals surface area (Å²) >= 11 is 0. The van der Waals surface area contributed by atoms with Crippen LogP contribution in [0.25, 0.3) is 11.1 Å². The predicted molar refractivity (Wildman–Crippen MR) is 133 cm³/mol. The summed E-state index contributed by atoms with van der Waals surface area (Å²) in [6.07, 6.45) is -1.61. The second kappa shape index (κ2) is 9.52. The fourth-order valence-electron chi connectivity index (χ4n) is 6.06. The Morgan fingerprint density at radius 2 is 1.59 bits per heavy atom. The summed E-state index contributed by atoms with van der Waals surface area (Å²) in [5.41, 5.74) is 3.20. The fourth-order valence-corrected chi connectivity index (χ4v) is 6.06. The van der Waals surface area contributed by atoms with Gasteiger partial charge in [-0.05, 0) is 72.1 Å². The molecule has 1 fully saturated rings. The van der Waals surface area contributed by atoms with Gasteiger partial charge in [0.1, 0.15) is 11.9 Å². The summed E-state index contributed by atoms with van der Waals surface area (Å²) < 4.78 is 53.5. The predicted octanol–water partition coefficient (Wildman–Crippen LogP) is 7.65. The van der Waals surface area contributed by atoms with E-state index in [2.05, 4.69) is 13.8 Å². The third-order valence-electron chi connectivity index (χ3n) is 7.81. The fraction of sp³-hybridized carbons (Fsp3) is 0.433. The minimum absolute atomic E-state index is 0.0887. The average molecular weight is 514 g/mol. The molecular formula is C30H31F4NO2. The molecule has 2 aromatic carbocycles. The first-order chi connectivity index (χ1) is 17.4. The highest BCUT2D eigenvalue weighted by Gasteiger charge is 2.39. The number of hydrogen-bond acceptors (Lipinski definition) is 3. The van der Waals surface area contributed by atoms with Crippen molar-refractivity contribution in [1.82, 2.24) is 4.98 Å². The maximum Gasteiger partial charge on any atom is 0.416 e. The molecule has 0 spiro atoms. The van der Waals surface area contributed by atoms with Crippen LogP contribution in [0.1, 0.15) is 97.7 Å². The van der Waals surface area contributed by atoms with Crippen molar-refractivity contribution in [3.05, 3.63) is 88.0 Å². The molecule has 2 N–H and O–H groups in total. The Kier molecular flexibility index (Phi) is 6.65. The van der Waals surface area contributed by atoms with E-state index in [1.165, 1.54) is 24.3 Å². The van der Waals surface area contributed by atoms with Crippen LogP contribution in [0.5, 0.6) is 0 Å². The molecule has 0 saturated heterocycles. The third-order valence-corrected chi connectivity index (χ3v) is 7.81. The van der Waals surface area contributed by atoms with Crippen molar-refractivity contribution in [2.24, 2.45) is 5.41 Å². The molecule has 1 heterocycles. The first-order valence-electron chi connectivity index (χ1n) is 12.8. The van der Waals surface area contributed by atoms with Crippen LogP contribution in [-0.2, 0) is 12.6 Å². The molecule has 37 heavy (non-hydrogen) atoms. The minimum Gasteiger partial charge on any atom is -0.388 e. The van der Waals surface area contributed by atoms with Crippen LogP contribution in [0.3, 0.4) is 0 Å². The van der Waals surface area contributed by atoms with Gasteiger partial charge in [0.15, 0.2) is 0 Å². The van der Waals surface area contributed by atoms with Gasteiger partial charge in [0.2, 0.25) is 0 Å². The summed E-state index contributed by atoms with van der Waals surface area (Å²) in [6, 6.07) is 10.4. The largest absolute Gasteiger partial charge is 0.416 e. The smallest absolute Gasteiger partial charge is 0.388 e. The molecule has 3 aromatic rings. The van der Waals surface area contributed by atoms with E-state index in [1.54, 1.807) is 12.1 Å². The molecule has 7 heteroatoms. The van der Waals surface area contributed by atoms with E-state index >= 15 is 0 Å². The van der Waals surface area contributed by atoms with Crippen LogP contribution in [-0.4, -0.2) is 15.2 Å². The zero-order chi connectivity index (χ0) is 26.5. The van der Waals surface area contributed by atoms with Gasteiger partial charge in [-0.15, -0.1) is 0 Å². The van der Waals surface area contributed by atoms with Gasteiger partial charge in [-0.1, -0.05) is 51.0 Å². The molecule has 2 unspecified atom stereocenters. The summed E-state index contributed by atoms with van der Waals surface area (Å²) in [6.45, 7) is 4.16. The van der Waals surface area contributed by atoms with Crippen molar-refractivity contribution in [3.63, 3.8) is 0 Å². The molecule has 3 nitrogen and oxygen atoms in total. The van der Waals surface area contributed by atoms with Gasteiger partial charge in [-0.2, -0.15) is 13.2 Å². The first-order valence-corrected chi connectivity index (χ1v) is 12.8. The molecule has 5 rings (SSSR count). The lowest BCUT2D eigenvalue weighted by atomic mass is 9.71. The van der Waals surface area contributed by atoms with Gasteiger partial charge in [-0.25, -0.2) is 4.39 Å². The normalized spacial score (nSPS) is 20.6. The third kappa shape index (κ3) is 5.04. The Bertz CT molecular complexity index is 1280. The number of aliphatic hydroxyl groups is 2. The van der Waals surface area contributed by atoms with E-state index in [4.69, 9.17) is 4.98 Å². The van der Waals surface area contributed by atoms with Crippen molar-refractivity contribution >= 4 is 0 Å². The highest BCUT2D eigenvalue weighted by molar-refractivity contribution is 5.75. The van der Waals surface area contributed by atoms with Crippen molar-refractivity contribution in [2.45, 2.75) is 76.7 Å². The lowest BCUT2D eigenvalue weighted by Gasteiger charge is -2.37. The highest BCUT2D eigenvalue weighted by Crippen LogP contribution is 2.50. The first kappa shape index (κ1) is 25.9. The number of alkyl halides is 3. The van der Waals surface area contributed by atoms with E-state index in [0.29, 0.717) is 40.7 Å². The molecule has 0 aliphatic heterocycles. The van der Waals surface area contributed by atoms with Crippen molar-refractivity contribution < 1.29 is 27.8 Å². The Balaban J connectivity index is 1.77. The second-order valence-corrected chi connectivity index (χ2v) is 11.2. The number of nitrogens with zero attached hydrogens (tertiary/aromatic N) is 1. The average Bonchev–Trinajstić information content (AvgIpc) is 3.37. The molecule has 0 amide bonds. The van der Waals surface area contributed by atoms with Gasteiger partial charge in [-0.3, -0.25) is 4.98 Å². The monoisotopic (exact) mass is 513 g/mol. The second-order valence-electron chi connectivity index (χ2n) is 11.2. The number of halogens is 4. The number of pyridine rings is 1.